The molecule has 2 nitrogen and oxygen atoms in total. The maximum absolute atomic E-state index is 3.46. The molecule has 88 valence electrons. The topological polar surface area (TPSA) is 24.1 Å². The fourth-order valence-electron chi connectivity index (χ4n) is 1.64. The van der Waals surface area contributed by atoms with Crippen molar-refractivity contribution in [3.63, 3.8) is 0 Å². The Hall–Kier alpha value is -1.48. The summed E-state index contributed by atoms with van der Waals surface area (Å²) in [5.74, 6) is 0. The highest BCUT2D eigenvalue weighted by Gasteiger charge is 1.99. The molecule has 0 bridgehead atoms. The molecule has 0 atom stereocenters. The highest BCUT2D eigenvalue weighted by molar-refractivity contribution is 9.10. The molecule has 0 aliphatic carbocycles. The van der Waals surface area contributed by atoms with Gasteiger partial charge >= 0.3 is 0 Å². The van der Waals surface area contributed by atoms with Crippen LogP contribution in [0.25, 0.3) is 0 Å². The van der Waals surface area contributed by atoms with Gasteiger partial charge in [0.05, 0.1) is 0 Å². The number of benzene rings is 2. The van der Waals surface area contributed by atoms with E-state index in [1.165, 1.54) is 5.56 Å². The maximum Gasteiger partial charge on any atom is 0.0414 e. The predicted octanol–water partition coefficient (Wildman–Crippen LogP) is 4.54. The first-order chi connectivity index (χ1) is 8.19. The summed E-state index contributed by atoms with van der Waals surface area (Å²) < 4.78 is 1.10. The third-order valence-corrected chi connectivity index (χ3v) is 3.13. The number of hydrogen-bond acceptors (Lipinski definition) is 2. The first-order valence-electron chi connectivity index (χ1n) is 5.50. The standard InChI is InChI=1S/C14H15BrN2/c1-10-9-11(15)3-8-14(10)17-13-6-4-12(16-2)5-7-13/h3-9,16-17H,1-2H3. The molecule has 0 saturated carbocycles. The van der Waals surface area contributed by atoms with Gasteiger partial charge in [0, 0.05) is 28.6 Å². The number of halogens is 1. The zero-order valence-electron chi connectivity index (χ0n) is 9.92. The Kier molecular flexibility index (Phi) is 3.69. The van der Waals surface area contributed by atoms with Crippen LogP contribution in [0.4, 0.5) is 17.1 Å². The van der Waals surface area contributed by atoms with Crippen LogP contribution >= 0.6 is 15.9 Å². The Balaban J connectivity index is 2.19. The van der Waals surface area contributed by atoms with Gasteiger partial charge in [-0.1, -0.05) is 15.9 Å². The van der Waals surface area contributed by atoms with Crippen molar-refractivity contribution in [1.29, 1.82) is 0 Å². The van der Waals surface area contributed by atoms with E-state index < -0.39 is 0 Å². The summed E-state index contributed by atoms with van der Waals surface area (Å²) in [6.07, 6.45) is 0. The van der Waals surface area contributed by atoms with Crippen LogP contribution in [-0.2, 0) is 0 Å². The fraction of sp³-hybridized carbons (Fsp3) is 0.143. The highest BCUT2D eigenvalue weighted by atomic mass is 79.9. The van der Waals surface area contributed by atoms with Gasteiger partial charge in [0.2, 0.25) is 0 Å². The van der Waals surface area contributed by atoms with Crippen molar-refractivity contribution in [1.82, 2.24) is 0 Å². The molecule has 2 rings (SSSR count). The smallest absolute Gasteiger partial charge is 0.0414 e. The van der Waals surface area contributed by atoms with E-state index in [9.17, 15) is 0 Å². The number of rotatable bonds is 3. The van der Waals surface area contributed by atoms with Crippen LogP contribution in [0.3, 0.4) is 0 Å². The minimum atomic E-state index is 1.09. The van der Waals surface area contributed by atoms with E-state index in [0.717, 1.165) is 21.5 Å². The van der Waals surface area contributed by atoms with Gasteiger partial charge in [-0.05, 0) is 55.0 Å². The van der Waals surface area contributed by atoms with Gasteiger partial charge in [0.25, 0.3) is 0 Å². The van der Waals surface area contributed by atoms with Crippen LogP contribution in [0.15, 0.2) is 46.9 Å². The summed E-state index contributed by atoms with van der Waals surface area (Å²) in [6, 6.07) is 14.4. The second-order valence-electron chi connectivity index (χ2n) is 3.91. The molecule has 0 unspecified atom stereocenters. The van der Waals surface area contributed by atoms with Crippen molar-refractivity contribution >= 4 is 33.0 Å². The van der Waals surface area contributed by atoms with E-state index in [-0.39, 0.29) is 0 Å². The van der Waals surface area contributed by atoms with Crippen molar-refractivity contribution in [3.05, 3.63) is 52.5 Å². The van der Waals surface area contributed by atoms with Crippen LogP contribution in [0.2, 0.25) is 0 Å². The van der Waals surface area contributed by atoms with E-state index in [4.69, 9.17) is 0 Å². The van der Waals surface area contributed by atoms with E-state index in [0.29, 0.717) is 0 Å². The second-order valence-corrected chi connectivity index (χ2v) is 4.83. The van der Waals surface area contributed by atoms with Gasteiger partial charge in [-0.25, -0.2) is 0 Å². The zero-order valence-corrected chi connectivity index (χ0v) is 11.5. The molecule has 0 fully saturated rings. The maximum atomic E-state index is 3.46. The third kappa shape index (κ3) is 3.01. The molecular weight excluding hydrogens is 276 g/mol. The van der Waals surface area contributed by atoms with Crippen molar-refractivity contribution in [3.8, 4) is 0 Å². The molecule has 0 saturated heterocycles. The van der Waals surface area contributed by atoms with Crippen LogP contribution in [0, 0.1) is 6.92 Å². The SMILES string of the molecule is CNc1ccc(Nc2ccc(Br)cc2C)cc1. The average Bonchev–Trinajstić information content (AvgIpc) is 2.34. The van der Waals surface area contributed by atoms with Gasteiger partial charge < -0.3 is 10.6 Å². The summed E-state index contributed by atoms with van der Waals surface area (Å²) in [7, 11) is 1.92. The van der Waals surface area contributed by atoms with E-state index >= 15 is 0 Å². The Morgan fingerprint density at radius 1 is 0.941 bits per heavy atom. The quantitative estimate of drug-likeness (QED) is 0.867. The lowest BCUT2D eigenvalue weighted by atomic mass is 10.2. The molecule has 3 heteroatoms. The van der Waals surface area contributed by atoms with Crippen LogP contribution in [0.5, 0.6) is 0 Å². The molecule has 17 heavy (non-hydrogen) atoms. The molecule has 2 aromatic rings. The Morgan fingerprint density at radius 2 is 1.59 bits per heavy atom. The summed E-state index contributed by atoms with van der Waals surface area (Å²) in [5.41, 5.74) is 4.56. The summed E-state index contributed by atoms with van der Waals surface area (Å²) in [4.78, 5) is 0. The van der Waals surface area contributed by atoms with Crippen molar-refractivity contribution in [2.75, 3.05) is 17.7 Å². The largest absolute Gasteiger partial charge is 0.388 e. The number of aryl methyl sites for hydroxylation is 1. The first-order valence-corrected chi connectivity index (χ1v) is 6.29. The molecule has 0 radical (unpaired) electrons. The van der Waals surface area contributed by atoms with Crippen molar-refractivity contribution in [2.24, 2.45) is 0 Å². The van der Waals surface area contributed by atoms with Gasteiger partial charge in [0.1, 0.15) is 0 Å². The van der Waals surface area contributed by atoms with E-state index in [2.05, 4.69) is 69.9 Å². The van der Waals surface area contributed by atoms with Crippen LogP contribution in [0.1, 0.15) is 5.56 Å². The van der Waals surface area contributed by atoms with Crippen molar-refractivity contribution in [2.45, 2.75) is 6.92 Å². The van der Waals surface area contributed by atoms with Gasteiger partial charge in [-0.15, -0.1) is 0 Å². The number of anilines is 3. The fourth-order valence-corrected chi connectivity index (χ4v) is 2.12. The minimum Gasteiger partial charge on any atom is -0.388 e. The minimum absolute atomic E-state index is 1.09. The molecule has 0 aromatic heterocycles. The Bertz CT molecular complexity index is 506. The van der Waals surface area contributed by atoms with Gasteiger partial charge in [-0.3, -0.25) is 0 Å². The summed E-state index contributed by atoms with van der Waals surface area (Å²) >= 11 is 3.46. The van der Waals surface area contributed by atoms with E-state index in [1.54, 1.807) is 0 Å². The molecule has 2 aromatic carbocycles. The van der Waals surface area contributed by atoms with Gasteiger partial charge in [0.15, 0.2) is 0 Å². The van der Waals surface area contributed by atoms with Crippen LogP contribution in [-0.4, -0.2) is 7.05 Å². The lowest BCUT2D eigenvalue weighted by Gasteiger charge is -2.10. The molecular formula is C14H15BrN2. The highest BCUT2D eigenvalue weighted by Crippen LogP contribution is 2.24. The summed E-state index contributed by atoms with van der Waals surface area (Å²) in [5, 5.41) is 6.51. The summed E-state index contributed by atoms with van der Waals surface area (Å²) in [6.45, 7) is 2.09. The molecule has 0 amide bonds. The molecule has 0 spiro atoms. The molecule has 0 heterocycles. The number of nitrogens with one attached hydrogen (secondary N) is 2. The van der Waals surface area contributed by atoms with Crippen LogP contribution < -0.4 is 10.6 Å². The Morgan fingerprint density at radius 3 is 2.18 bits per heavy atom. The lowest BCUT2D eigenvalue weighted by molar-refractivity contribution is 1.41. The molecule has 0 aliphatic heterocycles. The van der Waals surface area contributed by atoms with Crippen molar-refractivity contribution < 1.29 is 0 Å². The monoisotopic (exact) mass is 290 g/mol. The third-order valence-electron chi connectivity index (χ3n) is 2.64. The zero-order chi connectivity index (χ0) is 12.3. The Labute approximate surface area is 110 Å². The number of hydrogen-bond donors (Lipinski definition) is 2. The van der Waals surface area contributed by atoms with E-state index in [1.807, 2.05) is 13.1 Å². The molecule has 0 aliphatic rings. The average molecular weight is 291 g/mol. The second kappa shape index (κ2) is 5.23. The predicted molar refractivity (Wildman–Crippen MR) is 78.2 cm³/mol. The first kappa shape index (κ1) is 12.0. The normalized spacial score (nSPS) is 10.1. The van der Waals surface area contributed by atoms with Gasteiger partial charge in [-0.2, -0.15) is 0 Å². The lowest BCUT2D eigenvalue weighted by Crippen LogP contribution is -1.93. The molecule has 2 N–H and O–H groups in total.